The molecule has 0 heterocycles. The summed E-state index contributed by atoms with van der Waals surface area (Å²) in [5, 5.41) is 11.8. The fraction of sp³-hybridized carbons (Fsp3) is 0.429. The predicted octanol–water partition coefficient (Wildman–Crippen LogP) is 1.94. The van der Waals surface area contributed by atoms with Crippen LogP contribution in [0.2, 0.25) is 0 Å². The fourth-order valence-corrected chi connectivity index (χ4v) is 2.33. The minimum Gasteiger partial charge on any atom is -0.478 e. The molecule has 2 N–H and O–H groups in total. The number of aromatic carboxylic acids is 1. The van der Waals surface area contributed by atoms with Crippen LogP contribution in [0.1, 0.15) is 22.3 Å². The van der Waals surface area contributed by atoms with Crippen LogP contribution in [-0.2, 0) is 9.53 Å². The first-order valence-corrected chi connectivity index (χ1v) is 7.25. The Morgan fingerprint density at radius 1 is 1.40 bits per heavy atom. The van der Waals surface area contributed by atoms with Crippen LogP contribution in [0.4, 0.5) is 0 Å². The second-order valence-electron chi connectivity index (χ2n) is 4.27. The maximum Gasteiger partial charge on any atom is 0.335 e. The quantitative estimate of drug-likeness (QED) is 0.566. The van der Waals surface area contributed by atoms with E-state index in [2.05, 4.69) is 5.32 Å². The van der Waals surface area contributed by atoms with E-state index in [1.165, 1.54) is 11.8 Å². The van der Waals surface area contributed by atoms with Crippen molar-refractivity contribution in [2.24, 2.45) is 0 Å². The van der Waals surface area contributed by atoms with Crippen LogP contribution in [-0.4, -0.2) is 43.0 Å². The molecule has 0 unspecified atom stereocenters. The maximum absolute atomic E-state index is 11.6. The van der Waals surface area contributed by atoms with E-state index in [1.807, 2.05) is 6.07 Å². The van der Waals surface area contributed by atoms with E-state index in [0.717, 1.165) is 11.3 Å². The molecular formula is C14H19NO4S. The van der Waals surface area contributed by atoms with Crippen molar-refractivity contribution in [2.45, 2.75) is 18.2 Å². The van der Waals surface area contributed by atoms with E-state index < -0.39 is 5.97 Å². The highest BCUT2D eigenvalue weighted by Gasteiger charge is 2.09. The van der Waals surface area contributed by atoms with Crippen molar-refractivity contribution in [1.29, 1.82) is 0 Å². The summed E-state index contributed by atoms with van der Waals surface area (Å²) in [6, 6.07) is 5.17. The molecule has 0 radical (unpaired) electrons. The molecule has 6 heteroatoms. The monoisotopic (exact) mass is 297 g/mol. The van der Waals surface area contributed by atoms with Crippen molar-refractivity contribution in [3.63, 3.8) is 0 Å². The number of hydrogen-bond acceptors (Lipinski definition) is 4. The third kappa shape index (κ3) is 5.63. The first-order valence-electron chi connectivity index (χ1n) is 6.27. The van der Waals surface area contributed by atoms with Gasteiger partial charge in [-0.1, -0.05) is 6.07 Å². The lowest BCUT2D eigenvalue weighted by molar-refractivity contribution is -0.118. The number of carboxylic acid groups (broad SMARTS) is 1. The first kappa shape index (κ1) is 16.5. The van der Waals surface area contributed by atoms with Crippen molar-refractivity contribution in [3.05, 3.63) is 29.3 Å². The highest BCUT2D eigenvalue weighted by atomic mass is 32.2. The van der Waals surface area contributed by atoms with Crippen molar-refractivity contribution in [2.75, 3.05) is 26.0 Å². The van der Waals surface area contributed by atoms with Crippen LogP contribution in [0.15, 0.2) is 23.1 Å². The number of aryl methyl sites for hydroxylation is 1. The van der Waals surface area contributed by atoms with Crippen LogP contribution in [0, 0.1) is 6.92 Å². The molecule has 0 aliphatic heterocycles. The van der Waals surface area contributed by atoms with E-state index in [9.17, 15) is 9.59 Å². The number of ether oxygens (including phenoxy) is 1. The van der Waals surface area contributed by atoms with E-state index >= 15 is 0 Å². The largest absolute Gasteiger partial charge is 0.478 e. The number of carbonyl (C=O) groups is 2. The summed E-state index contributed by atoms with van der Waals surface area (Å²) in [5.74, 6) is -0.743. The number of carboxylic acids is 1. The predicted molar refractivity (Wildman–Crippen MR) is 78.4 cm³/mol. The Morgan fingerprint density at radius 3 is 2.80 bits per heavy atom. The second-order valence-corrected chi connectivity index (χ2v) is 5.32. The SMILES string of the molecule is COCCCNC(=O)CSc1ccc(C)c(C(=O)O)c1. The van der Waals surface area contributed by atoms with Crippen molar-refractivity contribution >= 4 is 23.6 Å². The minimum atomic E-state index is -0.950. The van der Waals surface area contributed by atoms with E-state index in [-0.39, 0.29) is 17.2 Å². The van der Waals surface area contributed by atoms with Gasteiger partial charge in [0.15, 0.2) is 0 Å². The highest BCUT2D eigenvalue weighted by molar-refractivity contribution is 8.00. The number of rotatable bonds is 8. The number of thioether (sulfide) groups is 1. The first-order chi connectivity index (χ1) is 9.54. The summed E-state index contributed by atoms with van der Waals surface area (Å²) in [5.41, 5.74) is 0.987. The molecule has 1 aromatic carbocycles. The lowest BCUT2D eigenvalue weighted by Gasteiger charge is -2.06. The van der Waals surface area contributed by atoms with Gasteiger partial charge in [0.25, 0.3) is 0 Å². The fourth-order valence-electron chi connectivity index (χ4n) is 1.57. The lowest BCUT2D eigenvalue weighted by atomic mass is 10.1. The van der Waals surface area contributed by atoms with Gasteiger partial charge in [0.1, 0.15) is 0 Å². The van der Waals surface area contributed by atoms with Crippen molar-refractivity contribution in [3.8, 4) is 0 Å². The smallest absolute Gasteiger partial charge is 0.335 e. The van der Waals surface area contributed by atoms with E-state index in [1.54, 1.807) is 26.2 Å². The molecule has 0 aliphatic carbocycles. The summed E-state index contributed by atoms with van der Waals surface area (Å²) in [4.78, 5) is 23.4. The summed E-state index contributed by atoms with van der Waals surface area (Å²) < 4.78 is 4.89. The molecule has 110 valence electrons. The summed E-state index contributed by atoms with van der Waals surface area (Å²) >= 11 is 1.33. The number of benzene rings is 1. The van der Waals surface area contributed by atoms with E-state index in [0.29, 0.717) is 18.7 Å². The molecule has 0 saturated carbocycles. The van der Waals surface area contributed by atoms with Crippen LogP contribution in [0.25, 0.3) is 0 Å². The molecule has 0 saturated heterocycles. The summed E-state index contributed by atoms with van der Waals surface area (Å²) in [7, 11) is 1.62. The topological polar surface area (TPSA) is 75.6 Å². The van der Waals surface area contributed by atoms with Gasteiger partial charge in [-0.2, -0.15) is 0 Å². The van der Waals surface area contributed by atoms with Gasteiger partial charge in [-0.05, 0) is 31.0 Å². The summed E-state index contributed by atoms with van der Waals surface area (Å²) in [6.45, 7) is 2.95. The molecule has 0 bridgehead atoms. The Labute approximate surface area is 122 Å². The third-order valence-electron chi connectivity index (χ3n) is 2.66. The molecule has 5 nitrogen and oxygen atoms in total. The van der Waals surface area contributed by atoms with Gasteiger partial charge in [-0.15, -0.1) is 11.8 Å². The summed E-state index contributed by atoms with van der Waals surface area (Å²) in [6.07, 6.45) is 0.778. The number of nitrogens with one attached hydrogen (secondary N) is 1. The van der Waals surface area contributed by atoms with Crippen molar-refractivity contribution in [1.82, 2.24) is 5.32 Å². The van der Waals surface area contributed by atoms with Gasteiger partial charge in [-0.25, -0.2) is 4.79 Å². The molecule has 0 aliphatic rings. The van der Waals surface area contributed by atoms with Crippen LogP contribution < -0.4 is 5.32 Å². The molecule has 0 aromatic heterocycles. The molecule has 1 aromatic rings. The zero-order valence-electron chi connectivity index (χ0n) is 11.6. The van der Waals surface area contributed by atoms with Crippen LogP contribution in [0.5, 0.6) is 0 Å². The Morgan fingerprint density at radius 2 is 2.15 bits per heavy atom. The Balaban J connectivity index is 2.43. The van der Waals surface area contributed by atoms with Gasteiger partial charge in [0, 0.05) is 25.2 Å². The maximum atomic E-state index is 11.6. The molecule has 0 atom stereocenters. The average Bonchev–Trinajstić information content (AvgIpc) is 2.42. The second kappa shape index (κ2) is 8.60. The molecular weight excluding hydrogens is 278 g/mol. The van der Waals surface area contributed by atoms with Gasteiger partial charge in [0.2, 0.25) is 5.91 Å². The Bertz CT molecular complexity index is 476. The number of carbonyl (C=O) groups excluding carboxylic acids is 1. The number of hydrogen-bond donors (Lipinski definition) is 2. The Hall–Kier alpha value is -1.53. The highest BCUT2D eigenvalue weighted by Crippen LogP contribution is 2.21. The molecule has 20 heavy (non-hydrogen) atoms. The molecule has 0 fully saturated rings. The zero-order valence-corrected chi connectivity index (χ0v) is 12.5. The normalized spacial score (nSPS) is 10.3. The third-order valence-corrected chi connectivity index (χ3v) is 3.65. The Kier molecular flexibility index (Phi) is 7.11. The van der Waals surface area contributed by atoms with Gasteiger partial charge in [0.05, 0.1) is 11.3 Å². The van der Waals surface area contributed by atoms with Crippen LogP contribution in [0.3, 0.4) is 0 Å². The zero-order chi connectivity index (χ0) is 15.0. The van der Waals surface area contributed by atoms with Crippen molar-refractivity contribution < 1.29 is 19.4 Å². The lowest BCUT2D eigenvalue weighted by Crippen LogP contribution is -2.26. The van der Waals surface area contributed by atoms with E-state index in [4.69, 9.17) is 9.84 Å². The van der Waals surface area contributed by atoms with Gasteiger partial charge < -0.3 is 15.2 Å². The van der Waals surface area contributed by atoms with Crippen LogP contribution >= 0.6 is 11.8 Å². The van der Waals surface area contributed by atoms with Gasteiger partial charge in [-0.3, -0.25) is 4.79 Å². The average molecular weight is 297 g/mol. The molecule has 1 amide bonds. The molecule has 0 spiro atoms. The standard InChI is InChI=1S/C14H19NO4S/c1-10-4-5-11(8-12(10)14(17)18)20-9-13(16)15-6-3-7-19-2/h4-5,8H,3,6-7,9H2,1-2H3,(H,15,16)(H,17,18). The minimum absolute atomic E-state index is 0.0662. The number of amides is 1. The van der Waals surface area contributed by atoms with Gasteiger partial charge >= 0.3 is 5.97 Å². The number of methoxy groups -OCH3 is 1. The molecule has 1 rings (SSSR count).